The molecule has 4 heterocycles. The summed E-state index contributed by atoms with van der Waals surface area (Å²) < 4.78 is 0. The van der Waals surface area contributed by atoms with Crippen LogP contribution in [0.15, 0.2) is 170 Å². The van der Waals surface area contributed by atoms with Gasteiger partial charge in [0.25, 0.3) is 11.8 Å². The highest BCUT2D eigenvalue weighted by Crippen LogP contribution is 2.30. The summed E-state index contributed by atoms with van der Waals surface area (Å²) in [5, 5.41) is 33.8. The summed E-state index contributed by atoms with van der Waals surface area (Å²) in [5.41, 5.74) is 29.2. The molecule has 0 saturated heterocycles. The van der Waals surface area contributed by atoms with Crippen LogP contribution in [0.3, 0.4) is 0 Å². The van der Waals surface area contributed by atoms with E-state index in [1.165, 1.54) is 0 Å². The first-order valence-electron chi connectivity index (χ1n) is 24.5. The maximum Gasteiger partial charge on any atom is 0.255 e. The minimum absolute atomic E-state index is 0. The Bertz CT molecular complexity index is 3680. The van der Waals surface area contributed by atoms with Gasteiger partial charge in [-0.3, -0.25) is 19.6 Å². The number of halogens is 3. The maximum absolute atomic E-state index is 12.8. The van der Waals surface area contributed by atoms with Crippen molar-refractivity contribution in [3.8, 4) is 0 Å². The molecule has 0 bridgehead atoms. The van der Waals surface area contributed by atoms with E-state index in [1.807, 2.05) is 144 Å². The fourth-order valence-corrected chi connectivity index (χ4v) is 7.89. The van der Waals surface area contributed by atoms with E-state index in [2.05, 4.69) is 72.5 Å². The first kappa shape index (κ1) is 63.2. The molecule has 0 radical (unpaired) electrons. The minimum atomic E-state index is -0.195. The molecule has 0 aliphatic heterocycles. The number of nitrogen functional groups attached to an aromatic ring is 3. The number of carbonyl (C=O) groups is 2. The maximum atomic E-state index is 12.8. The molecule has 10 rings (SSSR count). The molecular formula is C58H61Cl3N16O5. The van der Waals surface area contributed by atoms with Crippen molar-refractivity contribution in [1.82, 2.24) is 29.9 Å². The summed E-state index contributed by atoms with van der Waals surface area (Å²) in [7, 11) is 8.03. The summed E-state index contributed by atoms with van der Waals surface area (Å²) in [6, 6.07) is 48.4. The number of hydrogen-bond donors (Lipinski definition) is 10. The van der Waals surface area contributed by atoms with Gasteiger partial charge in [0.15, 0.2) is 0 Å². The third kappa shape index (κ3) is 18.2. The van der Waals surface area contributed by atoms with E-state index in [1.54, 1.807) is 67.0 Å². The molecule has 13 N–H and O–H groups in total. The van der Waals surface area contributed by atoms with Gasteiger partial charge in [0.05, 0.1) is 16.1 Å². The molecule has 0 fully saturated rings. The Kier molecular flexibility index (Phi) is 23.2. The zero-order chi connectivity index (χ0) is 57.3. The molecule has 0 saturated carbocycles. The summed E-state index contributed by atoms with van der Waals surface area (Å²) >= 11 is 6.08. The third-order valence-electron chi connectivity index (χ3n) is 11.6. The smallest absolute Gasteiger partial charge is 0.255 e. The summed E-state index contributed by atoms with van der Waals surface area (Å²) in [6.45, 7) is 3.70. The molecule has 24 heteroatoms. The monoisotopic (exact) mass is 1170 g/mol. The Balaban J connectivity index is 0.000000240. The van der Waals surface area contributed by atoms with E-state index in [0.29, 0.717) is 39.8 Å². The second-order valence-electron chi connectivity index (χ2n) is 18.1. The zero-order valence-electron chi connectivity index (χ0n) is 45.3. The number of benzene rings is 6. The van der Waals surface area contributed by atoms with Crippen LogP contribution >= 0.6 is 36.4 Å². The highest BCUT2D eigenvalue weighted by atomic mass is 35.5. The predicted molar refractivity (Wildman–Crippen MR) is 336 cm³/mol. The van der Waals surface area contributed by atoms with Crippen molar-refractivity contribution in [2.45, 2.75) is 13.8 Å². The second kappa shape index (κ2) is 30.1. The molecule has 6 aromatic carbocycles. The molecular weight excluding hydrogens is 1110 g/mol. The number of nitrogens with one attached hydrogen (secondary N) is 5. The van der Waals surface area contributed by atoms with Gasteiger partial charge in [0.1, 0.15) is 11.6 Å². The van der Waals surface area contributed by atoms with Crippen LogP contribution < -0.4 is 53.6 Å². The van der Waals surface area contributed by atoms with Crippen LogP contribution in [-0.4, -0.2) is 80.4 Å². The number of aromatic nitrogens is 6. The Labute approximate surface area is 490 Å². The second-order valence-corrected chi connectivity index (χ2v) is 18.5. The first-order valence-corrected chi connectivity index (χ1v) is 24.9. The number of nitrogens with two attached hydrogens (primary N) is 3. The molecule has 82 heavy (non-hydrogen) atoms. The van der Waals surface area contributed by atoms with Crippen molar-refractivity contribution in [2.24, 2.45) is 0 Å². The lowest BCUT2D eigenvalue weighted by molar-refractivity contribution is -0.465. The minimum Gasteiger partial charge on any atom is -0.399 e. The summed E-state index contributed by atoms with van der Waals surface area (Å²) in [6.07, 6.45) is 3.51. The fourth-order valence-electron chi connectivity index (χ4n) is 7.68. The van der Waals surface area contributed by atoms with E-state index >= 15 is 0 Å². The summed E-state index contributed by atoms with van der Waals surface area (Å²) in [5.74, 6) is 1.27. The quantitative estimate of drug-likeness (QED) is 0.0309. The van der Waals surface area contributed by atoms with E-state index in [-0.39, 0.29) is 48.5 Å². The predicted octanol–water partition coefficient (Wildman–Crippen LogP) is 12.4. The lowest BCUT2D eigenvalue weighted by atomic mass is 10.1. The van der Waals surface area contributed by atoms with Crippen LogP contribution in [0.2, 0.25) is 5.02 Å². The number of fused-ring (bicyclic) bond motifs is 2. The number of carbonyl (C=O) groups excluding carboxylic acids is 2. The van der Waals surface area contributed by atoms with E-state index < -0.39 is 0 Å². The SMILES string of the molecule is CN(C)c1ccc2nccc(Cl)c2c1.Cc1cc(Nc2ccc(NC(=O)c3ccc(N)cc3)cc2)nc(N)n1.Cc1cc(Nc2ccc(NC(=O)c3ccc(Nc4ccnc5ccc(N(C)C)cc45)cc3)cc2)nc(N)n1.Cl.Cl.OOO. The Morgan fingerprint density at radius 2 is 0.866 bits per heavy atom. The van der Waals surface area contributed by atoms with Gasteiger partial charge in [-0.15, -0.1) is 24.8 Å². The normalized spacial score (nSPS) is 10.1. The molecule has 10 aromatic rings. The molecule has 0 aliphatic rings. The largest absolute Gasteiger partial charge is 0.399 e. The van der Waals surface area contributed by atoms with Crippen molar-refractivity contribution < 1.29 is 25.1 Å². The van der Waals surface area contributed by atoms with Crippen LogP contribution in [0.4, 0.5) is 74.7 Å². The number of nitrogens with zero attached hydrogens (tertiary/aromatic N) is 8. The topological polar surface area (TPSA) is 306 Å². The summed E-state index contributed by atoms with van der Waals surface area (Å²) in [4.78, 5) is 54.2. The van der Waals surface area contributed by atoms with Gasteiger partial charge < -0.3 is 53.6 Å². The van der Waals surface area contributed by atoms with Crippen molar-refractivity contribution in [3.05, 3.63) is 198 Å². The van der Waals surface area contributed by atoms with Gasteiger partial charge >= 0.3 is 0 Å². The van der Waals surface area contributed by atoms with Gasteiger partial charge in [-0.1, -0.05) is 16.6 Å². The van der Waals surface area contributed by atoms with Gasteiger partial charge in [0.2, 0.25) is 11.9 Å². The van der Waals surface area contributed by atoms with E-state index in [0.717, 1.165) is 72.3 Å². The van der Waals surface area contributed by atoms with E-state index in [9.17, 15) is 9.59 Å². The Morgan fingerprint density at radius 3 is 1.30 bits per heavy atom. The zero-order valence-corrected chi connectivity index (χ0v) is 47.7. The van der Waals surface area contributed by atoms with Crippen molar-refractivity contribution >= 4 is 145 Å². The molecule has 0 aliphatic carbocycles. The first-order chi connectivity index (χ1) is 38.4. The molecule has 4 aromatic heterocycles. The van der Waals surface area contributed by atoms with Gasteiger partial charge in [-0.05, 0) is 159 Å². The Morgan fingerprint density at radius 1 is 0.488 bits per heavy atom. The highest BCUT2D eigenvalue weighted by Gasteiger charge is 2.11. The van der Waals surface area contributed by atoms with Crippen LogP contribution in [0, 0.1) is 13.8 Å². The lowest BCUT2D eigenvalue weighted by Gasteiger charge is -2.15. The molecule has 2 amide bonds. The Hall–Kier alpha value is -9.61. The average molecular weight is 1170 g/mol. The van der Waals surface area contributed by atoms with Gasteiger partial charge in [-0.2, -0.15) is 9.97 Å². The number of rotatable bonds is 12. The third-order valence-corrected chi connectivity index (χ3v) is 11.9. The van der Waals surface area contributed by atoms with Crippen LogP contribution in [0.1, 0.15) is 32.1 Å². The number of amides is 2. The molecule has 424 valence electrons. The molecule has 0 atom stereocenters. The van der Waals surface area contributed by atoms with Crippen LogP contribution in [-0.2, 0) is 5.04 Å². The molecule has 0 unspecified atom stereocenters. The van der Waals surface area contributed by atoms with Crippen LogP contribution in [0.5, 0.6) is 0 Å². The number of anilines is 13. The van der Waals surface area contributed by atoms with Crippen molar-refractivity contribution in [1.29, 1.82) is 0 Å². The van der Waals surface area contributed by atoms with E-state index in [4.69, 9.17) is 39.3 Å². The van der Waals surface area contributed by atoms with Gasteiger partial charge in [-0.25, -0.2) is 20.5 Å². The van der Waals surface area contributed by atoms with Crippen LogP contribution in [0.25, 0.3) is 21.8 Å². The van der Waals surface area contributed by atoms with Crippen molar-refractivity contribution in [2.75, 3.05) is 81.8 Å². The average Bonchev–Trinajstić information content (AvgIpc) is 3.46. The highest BCUT2D eigenvalue weighted by molar-refractivity contribution is 6.35. The number of hydrogen-bond acceptors (Lipinski definition) is 19. The lowest BCUT2D eigenvalue weighted by Crippen LogP contribution is -2.11. The standard InChI is InChI=1S/C29H28N8O.C18H18N6O.C11H11ClN2.2ClH.H2O3/c1-18-16-27(36-29(30)32-18)34-21-8-10-22(11-9-21)35-28(38)19-4-6-20(7-5-19)33-26-14-15-31-25-13-12-23(37(2)3)17-24(25)26;1-11-10-16(24-18(20)21-11)22-14-6-8-15(9-7-14)23-17(25)12-2-4-13(19)5-3-12;1-14(2)8-3-4-11-9(7-8)10(12)5-6-13-11;;;1-3-2/h4-17H,1-3H3,(H,31,33)(H,35,38)(H3,30,32,34,36);2-10H,19H2,1H3,(H,23,25)(H3,20,21,22,24);3-7H,1-2H3;2*1H;1-2H. The fraction of sp³-hybridized carbons (Fsp3) is 0.103. The van der Waals surface area contributed by atoms with Gasteiger partial charge in [0, 0.05) is 137 Å². The number of pyridine rings is 2. The number of aryl methyl sites for hydroxylation is 2. The van der Waals surface area contributed by atoms with Crippen molar-refractivity contribution in [3.63, 3.8) is 0 Å². The molecule has 0 spiro atoms. The molecule has 21 nitrogen and oxygen atoms in total.